The van der Waals surface area contributed by atoms with Crippen molar-refractivity contribution in [1.29, 1.82) is 0 Å². The minimum atomic E-state index is -4.76. The molecule has 5 nitrogen and oxygen atoms in total. The first-order chi connectivity index (χ1) is 8.07. The smallest absolute Gasteiger partial charge is 0.406 e. The van der Waals surface area contributed by atoms with Crippen molar-refractivity contribution in [1.82, 2.24) is 4.72 Å². The molecule has 0 saturated carbocycles. The Hall–Kier alpha value is -1.32. The monoisotopic (exact) mass is 284 g/mol. The normalized spacial score (nSPS) is 14.3. The third-order valence-electron chi connectivity index (χ3n) is 1.95. The molecule has 0 aromatic heterocycles. The van der Waals surface area contributed by atoms with Gasteiger partial charge in [0, 0.05) is 6.04 Å². The van der Waals surface area contributed by atoms with Crippen LogP contribution in [0.3, 0.4) is 0 Å². The zero-order valence-electron chi connectivity index (χ0n) is 9.23. The zero-order valence-corrected chi connectivity index (χ0v) is 10.0. The van der Waals surface area contributed by atoms with E-state index in [-0.39, 0.29) is 5.75 Å². The molecule has 9 heteroatoms. The molecule has 0 amide bonds. The molecule has 1 atom stereocenters. The van der Waals surface area contributed by atoms with E-state index in [2.05, 4.69) is 9.46 Å². The van der Waals surface area contributed by atoms with E-state index < -0.39 is 22.6 Å². The second kappa shape index (κ2) is 5.12. The van der Waals surface area contributed by atoms with E-state index in [1.807, 2.05) is 0 Å². The molecule has 0 saturated heterocycles. The molecule has 1 aromatic rings. The van der Waals surface area contributed by atoms with Gasteiger partial charge in [0.1, 0.15) is 5.75 Å². The molecule has 18 heavy (non-hydrogen) atoms. The second-order valence-corrected chi connectivity index (χ2v) is 4.83. The summed E-state index contributed by atoms with van der Waals surface area (Å²) in [5, 5.41) is 4.77. The number of alkyl halides is 3. The fourth-order valence-electron chi connectivity index (χ4n) is 1.27. The first-order valence-electron chi connectivity index (χ1n) is 4.72. The summed E-state index contributed by atoms with van der Waals surface area (Å²) in [6.45, 7) is 1.50. The molecule has 3 N–H and O–H groups in total. The Labute approximate surface area is 102 Å². The number of halogens is 3. The summed E-state index contributed by atoms with van der Waals surface area (Å²) in [6.07, 6.45) is -4.76. The summed E-state index contributed by atoms with van der Waals surface area (Å²) < 4.78 is 63.0. The van der Waals surface area contributed by atoms with Crippen LogP contribution in [0.5, 0.6) is 5.75 Å². The van der Waals surface area contributed by atoms with Gasteiger partial charge < -0.3 is 4.74 Å². The van der Waals surface area contributed by atoms with Crippen LogP contribution in [0.15, 0.2) is 24.3 Å². The van der Waals surface area contributed by atoms with Crippen LogP contribution in [-0.4, -0.2) is 14.8 Å². The Balaban J connectivity index is 2.77. The van der Waals surface area contributed by atoms with Crippen LogP contribution in [0.2, 0.25) is 0 Å². The van der Waals surface area contributed by atoms with E-state index in [0.29, 0.717) is 5.56 Å². The molecule has 1 aromatic carbocycles. The molecule has 1 rings (SSSR count). The van der Waals surface area contributed by atoms with Gasteiger partial charge in [-0.05, 0) is 24.6 Å². The van der Waals surface area contributed by atoms with Crippen molar-refractivity contribution >= 4 is 10.2 Å². The lowest BCUT2D eigenvalue weighted by molar-refractivity contribution is -0.274. The van der Waals surface area contributed by atoms with Crippen molar-refractivity contribution in [2.24, 2.45) is 5.14 Å². The molecule has 0 fully saturated rings. The Bertz CT molecular complexity index is 499. The van der Waals surface area contributed by atoms with E-state index >= 15 is 0 Å². The average molecular weight is 284 g/mol. The number of nitrogens with two attached hydrogens (primary N) is 1. The summed E-state index contributed by atoms with van der Waals surface area (Å²) >= 11 is 0. The number of benzene rings is 1. The molecule has 0 aliphatic carbocycles. The van der Waals surface area contributed by atoms with Crippen LogP contribution in [-0.2, 0) is 10.2 Å². The molecule has 0 unspecified atom stereocenters. The summed E-state index contributed by atoms with van der Waals surface area (Å²) in [7, 11) is -3.87. The minimum Gasteiger partial charge on any atom is -0.406 e. The van der Waals surface area contributed by atoms with Gasteiger partial charge in [0.2, 0.25) is 0 Å². The van der Waals surface area contributed by atoms with Crippen molar-refractivity contribution in [2.45, 2.75) is 19.3 Å². The van der Waals surface area contributed by atoms with E-state index in [9.17, 15) is 21.6 Å². The standard InChI is InChI=1S/C9H11F3N2O3S/c1-6(14-18(13,15)16)7-2-4-8(5-3-7)17-9(10,11)12/h2-6,14H,1H3,(H2,13,15,16)/t6-/m1/s1. The lowest BCUT2D eigenvalue weighted by atomic mass is 10.1. The van der Waals surface area contributed by atoms with Crippen LogP contribution in [0.4, 0.5) is 13.2 Å². The van der Waals surface area contributed by atoms with Gasteiger partial charge in [-0.3, -0.25) is 0 Å². The topological polar surface area (TPSA) is 81.4 Å². The van der Waals surface area contributed by atoms with E-state index in [4.69, 9.17) is 5.14 Å². The molecule has 0 aliphatic rings. The van der Waals surface area contributed by atoms with E-state index in [0.717, 1.165) is 12.1 Å². The molecular weight excluding hydrogens is 273 g/mol. The third kappa shape index (κ3) is 5.34. The second-order valence-electron chi connectivity index (χ2n) is 3.50. The van der Waals surface area contributed by atoms with Gasteiger partial charge in [-0.25, -0.2) is 5.14 Å². The average Bonchev–Trinajstić information content (AvgIpc) is 2.13. The zero-order chi connectivity index (χ0) is 14.0. The van der Waals surface area contributed by atoms with Gasteiger partial charge in [-0.1, -0.05) is 12.1 Å². The van der Waals surface area contributed by atoms with Crippen LogP contribution in [0, 0.1) is 0 Å². The highest BCUT2D eigenvalue weighted by molar-refractivity contribution is 7.87. The SMILES string of the molecule is C[C@@H](NS(N)(=O)=O)c1ccc(OC(F)(F)F)cc1. The Kier molecular flexibility index (Phi) is 4.20. The van der Waals surface area contributed by atoms with Gasteiger partial charge in [-0.15, -0.1) is 13.2 Å². The van der Waals surface area contributed by atoms with Gasteiger partial charge in [0.15, 0.2) is 0 Å². The summed E-state index contributed by atoms with van der Waals surface area (Å²) in [6, 6.07) is 4.14. The number of hydrogen-bond donors (Lipinski definition) is 2. The van der Waals surface area contributed by atoms with Crippen molar-refractivity contribution in [3.63, 3.8) is 0 Å². The molecule has 102 valence electrons. The van der Waals surface area contributed by atoms with Gasteiger partial charge in [0.05, 0.1) is 0 Å². The van der Waals surface area contributed by atoms with Crippen LogP contribution < -0.4 is 14.6 Å². The highest BCUT2D eigenvalue weighted by Crippen LogP contribution is 2.24. The van der Waals surface area contributed by atoms with Gasteiger partial charge >= 0.3 is 6.36 Å². The molecule has 0 aliphatic heterocycles. The number of ether oxygens (including phenoxy) is 1. The molecule has 0 heterocycles. The predicted octanol–water partition coefficient (Wildman–Crippen LogP) is 1.44. The van der Waals surface area contributed by atoms with Crippen molar-refractivity contribution < 1.29 is 26.3 Å². The predicted molar refractivity (Wildman–Crippen MR) is 57.8 cm³/mol. The van der Waals surface area contributed by atoms with Gasteiger partial charge in [-0.2, -0.15) is 13.1 Å². The number of rotatable bonds is 4. The third-order valence-corrected chi connectivity index (χ3v) is 2.64. The minimum absolute atomic E-state index is 0.381. The molecule has 0 bridgehead atoms. The van der Waals surface area contributed by atoms with Gasteiger partial charge in [0.25, 0.3) is 10.2 Å². The fourth-order valence-corrected chi connectivity index (χ4v) is 1.90. The fraction of sp³-hybridized carbons (Fsp3) is 0.333. The first-order valence-corrected chi connectivity index (χ1v) is 6.27. The van der Waals surface area contributed by atoms with E-state index in [1.54, 1.807) is 0 Å². The lowest BCUT2D eigenvalue weighted by Gasteiger charge is -2.13. The summed E-state index contributed by atoms with van der Waals surface area (Å²) in [4.78, 5) is 0. The molecule has 0 spiro atoms. The highest BCUT2D eigenvalue weighted by Gasteiger charge is 2.31. The van der Waals surface area contributed by atoms with E-state index in [1.165, 1.54) is 19.1 Å². The summed E-state index contributed by atoms with van der Waals surface area (Å²) in [5.41, 5.74) is 0.457. The maximum Gasteiger partial charge on any atom is 0.573 e. The van der Waals surface area contributed by atoms with Crippen LogP contribution in [0.25, 0.3) is 0 Å². The summed E-state index contributed by atoms with van der Waals surface area (Å²) in [5.74, 6) is -0.381. The maximum atomic E-state index is 11.9. The quantitative estimate of drug-likeness (QED) is 0.877. The highest BCUT2D eigenvalue weighted by atomic mass is 32.2. The Morgan fingerprint density at radius 1 is 1.28 bits per heavy atom. The first kappa shape index (κ1) is 14.7. The van der Waals surface area contributed by atoms with Crippen LogP contribution in [0.1, 0.15) is 18.5 Å². The number of nitrogens with one attached hydrogen (secondary N) is 1. The van der Waals surface area contributed by atoms with Crippen molar-refractivity contribution in [3.8, 4) is 5.75 Å². The molecule has 0 radical (unpaired) electrons. The van der Waals surface area contributed by atoms with Crippen LogP contribution >= 0.6 is 0 Å². The number of hydrogen-bond acceptors (Lipinski definition) is 3. The Morgan fingerprint density at radius 3 is 2.17 bits per heavy atom. The Morgan fingerprint density at radius 2 is 1.78 bits per heavy atom. The van der Waals surface area contributed by atoms with Crippen molar-refractivity contribution in [3.05, 3.63) is 29.8 Å². The van der Waals surface area contributed by atoms with Crippen molar-refractivity contribution in [2.75, 3.05) is 0 Å². The maximum absolute atomic E-state index is 11.9. The molecular formula is C9H11F3N2O3S. The lowest BCUT2D eigenvalue weighted by Crippen LogP contribution is -2.32. The largest absolute Gasteiger partial charge is 0.573 e.